The monoisotopic (exact) mass is 251 g/mol. The molecule has 0 atom stereocenters. The molecule has 0 aliphatic carbocycles. The van der Waals surface area contributed by atoms with Crippen molar-refractivity contribution < 1.29 is 0 Å². The molecule has 1 heterocycles. The topological polar surface area (TPSA) is 43.8 Å². The van der Waals surface area contributed by atoms with Crippen molar-refractivity contribution in [3.05, 3.63) is 48.8 Å². The Hall–Kier alpha value is -2.29. The molecule has 0 aliphatic heterocycles. The summed E-state index contributed by atoms with van der Waals surface area (Å²) >= 11 is 0. The minimum atomic E-state index is 0.747. The number of aryl methyl sites for hydroxylation is 1. The maximum atomic E-state index is 6.17. The molecular weight excluding hydrogens is 234 g/mol. The standard InChI is InChI=1S/C16H17N3/c1-2-9-19-11-18-15(16(19)17)14-8-7-12-5-3-4-6-13(12)10-14/h3-8,10-11H,2,9,17H2,1H3. The van der Waals surface area contributed by atoms with E-state index in [1.165, 1.54) is 10.8 Å². The van der Waals surface area contributed by atoms with Crippen molar-refractivity contribution in [3.63, 3.8) is 0 Å². The SMILES string of the molecule is CCCn1cnc(-c2ccc3ccccc3c2)c1N. The summed E-state index contributed by atoms with van der Waals surface area (Å²) in [5.74, 6) is 0.747. The minimum Gasteiger partial charge on any atom is -0.383 e. The summed E-state index contributed by atoms with van der Waals surface area (Å²) in [6.07, 6.45) is 2.88. The molecule has 0 saturated carbocycles. The van der Waals surface area contributed by atoms with Crippen molar-refractivity contribution in [2.75, 3.05) is 5.73 Å². The Morgan fingerprint density at radius 3 is 2.68 bits per heavy atom. The fourth-order valence-corrected chi connectivity index (χ4v) is 2.37. The third-order valence-corrected chi connectivity index (χ3v) is 3.37. The van der Waals surface area contributed by atoms with Crippen LogP contribution in [0.25, 0.3) is 22.0 Å². The molecule has 3 nitrogen and oxygen atoms in total. The minimum absolute atomic E-state index is 0.747. The van der Waals surface area contributed by atoms with Crippen molar-refractivity contribution in [1.29, 1.82) is 0 Å². The number of hydrogen-bond acceptors (Lipinski definition) is 2. The highest BCUT2D eigenvalue weighted by Gasteiger charge is 2.09. The zero-order chi connectivity index (χ0) is 13.2. The Kier molecular flexibility index (Phi) is 2.95. The third-order valence-electron chi connectivity index (χ3n) is 3.37. The van der Waals surface area contributed by atoms with Crippen molar-refractivity contribution >= 4 is 16.6 Å². The van der Waals surface area contributed by atoms with Crippen molar-refractivity contribution in [3.8, 4) is 11.3 Å². The first-order chi connectivity index (χ1) is 9.29. The molecule has 2 N–H and O–H groups in total. The highest BCUT2D eigenvalue weighted by atomic mass is 15.1. The van der Waals surface area contributed by atoms with E-state index in [2.05, 4.69) is 42.2 Å². The summed E-state index contributed by atoms with van der Waals surface area (Å²) in [7, 11) is 0. The molecule has 0 amide bonds. The first-order valence-electron chi connectivity index (χ1n) is 6.59. The van der Waals surface area contributed by atoms with Crippen molar-refractivity contribution in [2.24, 2.45) is 0 Å². The molecule has 3 aromatic rings. The lowest BCUT2D eigenvalue weighted by atomic mass is 10.1. The van der Waals surface area contributed by atoms with Gasteiger partial charge in [-0.25, -0.2) is 4.98 Å². The maximum Gasteiger partial charge on any atom is 0.131 e. The second kappa shape index (κ2) is 4.76. The number of rotatable bonds is 3. The lowest BCUT2D eigenvalue weighted by Gasteiger charge is -2.05. The highest BCUT2D eigenvalue weighted by Crippen LogP contribution is 2.27. The van der Waals surface area contributed by atoms with Crippen LogP contribution in [-0.2, 0) is 6.54 Å². The molecule has 0 unspecified atom stereocenters. The van der Waals surface area contributed by atoms with E-state index in [0.717, 1.165) is 30.0 Å². The normalized spacial score (nSPS) is 11.0. The average molecular weight is 251 g/mol. The molecule has 96 valence electrons. The number of benzene rings is 2. The summed E-state index contributed by atoms with van der Waals surface area (Å²) in [6.45, 7) is 3.04. The number of aromatic nitrogens is 2. The summed E-state index contributed by atoms with van der Waals surface area (Å²) in [5, 5.41) is 2.45. The van der Waals surface area contributed by atoms with Gasteiger partial charge in [-0.3, -0.25) is 0 Å². The summed E-state index contributed by atoms with van der Waals surface area (Å²) in [5.41, 5.74) is 8.12. The van der Waals surface area contributed by atoms with Crippen LogP contribution < -0.4 is 5.73 Å². The zero-order valence-electron chi connectivity index (χ0n) is 11.0. The van der Waals surface area contributed by atoms with Gasteiger partial charge in [-0.2, -0.15) is 0 Å². The van der Waals surface area contributed by atoms with Crippen LogP contribution >= 0.6 is 0 Å². The number of hydrogen-bond donors (Lipinski definition) is 1. The number of nitrogens with zero attached hydrogens (tertiary/aromatic N) is 2. The largest absolute Gasteiger partial charge is 0.383 e. The van der Waals surface area contributed by atoms with Gasteiger partial charge in [0.15, 0.2) is 0 Å². The molecule has 19 heavy (non-hydrogen) atoms. The smallest absolute Gasteiger partial charge is 0.131 e. The van der Waals surface area contributed by atoms with Gasteiger partial charge in [0.2, 0.25) is 0 Å². The lowest BCUT2D eigenvalue weighted by molar-refractivity contribution is 0.686. The molecule has 0 bridgehead atoms. The van der Waals surface area contributed by atoms with Crippen molar-refractivity contribution in [1.82, 2.24) is 9.55 Å². The fraction of sp³-hybridized carbons (Fsp3) is 0.188. The second-order valence-electron chi connectivity index (χ2n) is 4.73. The third kappa shape index (κ3) is 2.08. The van der Waals surface area contributed by atoms with E-state index in [0.29, 0.717) is 0 Å². The quantitative estimate of drug-likeness (QED) is 0.771. The predicted molar refractivity (Wildman–Crippen MR) is 79.9 cm³/mol. The van der Waals surface area contributed by atoms with E-state index in [9.17, 15) is 0 Å². The molecule has 0 spiro atoms. The maximum absolute atomic E-state index is 6.17. The first kappa shape index (κ1) is 11.8. The molecule has 2 aromatic carbocycles. The van der Waals surface area contributed by atoms with Gasteiger partial charge in [0.1, 0.15) is 11.5 Å². The van der Waals surface area contributed by atoms with Crippen LogP contribution in [0.3, 0.4) is 0 Å². The molecule has 0 aliphatic rings. The van der Waals surface area contributed by atoms with E-state index in [-0.39, 0.29) is 0 Å². The molecule has 1 aromatic heterocycles. The Morgan fingerprint density at radius 1 is 1.11 bits per heavy atom. The molecule has 0 radical (unpaired) electrons. The Morgan fingerprint density at radius 2 is 1.89 bits per heavy atom. The van der Waals surface area contributed by atoms with Crippen LogP contribution in [0, 0.1) is 0 Å². The van der Waals surface area contributed by atoms with Gasteiger partial charge in [-0.05, 0) is 23.3 Å². The second-order valence-corrected chi connectivity index (χ2v) is 4.73. The van der Waals surface area contributed by atoms with Crippen LogP contribution in [0.2, 0.25) is 0 Å². The number of nitrogens with two attached hydrogens (primary N) is 1. The highest BCUT2D eigenvalue weighted by molar-refractivity contribution is 5.88. The summed E-state index contributed by atoms with van der Waals surface area (Å²) in [4.78, 5) is 4.45. The number of fused-ring (bicyclic) bond motifs is 1. The number of nitrogen functional groups attached to an aromatic ring is 1. The summed E-state index contributed by atoms with van der Waals surface area (Å²) in [6, 6.07) is 14.7. The van der Waals surface area contributed by atoms with Gasteiger partial charge >= 0.3 is 0 Å². The van der Waals surface area contributed by atoms with E-state index in [1.54, 1.807) is 0 Å². The zero-order valence-corrected chi connectivity index (χ0v) is 11.0. The van der Waals surface area contributed by atoms with E-state index >= 15 is 0 Å². The van der Waals surface area contributed by atoms with E-state index in [1.807, 2.05) is 23.0 Å². The average Bonchev–Trinajstić information content (AvgIpc) is 2.80. The first-order valence-corrected chi connectivity index (χ1v) is 6.59. The lowest BCUT2D eigenvalue weighted by Crippen LogP contribution is -2.01. The van der Waals surface area contributed by atoms with Gasteiger partial charge in [-0.1, -0.05) is 43.3 Å². The van der Waals surface area contributed by atoms with Crippen LogP contribution in [0.15, 0.2) is 48.8 Å². The van der Waals surface area contributed by atoms with Crippen LogP contribution in [0.4, 0.5) is 5.82 Å². The van der Waals surface area contributed by atoms with Gasteiger partial charge in [0, 0.05) is 12.1 Å². The molecule has 0 fully saturated rings. The Bertz CT molecular complexity index is 713. The molecule has 3 heteroatoms. The number of anilines is 1. The van der Waals surface area contributed by atoms with Gasteiger partial charge in [-0.15, -0.1) is 0 Å². The van der Waals surface area contributed by atoms with Crippen LogP contribution in [-0.4, -0.2) is 9.55 Å². The fourth-order valence-electron chi connectivity index (χ4n) is 2.37. The Labute approximate surface area is 112 Å². The molecule has 3 rings (SSSR count). The Balaban J connectivity index is 2.08. The van der Waals surface area contributed by atoms with E-state index in [4.69, 9.17) is 5.73 Å². The van der Waals surface area contributed by atoms with Crippen LogP contribution in [0.5, 0.6) is 0 Å². The van der Waals surface area contributed by atoms with E-state index < -0.39 is 0 Å². The van der Waals surface area contributed by atoms with Crippen molar-refractivity contribution in [2.45, 2.75) is 19.9 Å². The predicted octanol–water partition coefficient (Wildman–Crippen LogP) is 3.70. The molecule has 0 saturated heterocycles. The van der Waals surface area contributed by atoms with Crippen LogP contribution in [0.1, 0.15) is 13.3 Å². The summed E-state index contributed by atoms with van der Waals surface area (Å²) < 4.78 is 2.00. The van der Waals surface area contributed by atoms with Gasteiger partial charge < -0.3 is 10.3 Å². The molecular formula is C16H17N3. The van der Waals surface area contributed by atoms with Gasteiger partial charge in [0.05, 0.1) is 6.33 Å². The van der Waals surface area contributed by atoms with Gasteiger partial charge in [0.25, 0.3) is 0 Å². The number of imidazole rings is 1.